The minimum atomic E-state index is -1.01. The van der Waals surface area contributed by atoms with E-state index in [0.29, 0.717) is 0 Å². The van der Waals surface area contributed by atoms with Gasteiger partial charge < -0.3 is 29.5 Å². The molecular formula is C24H30N2O6. The molecule has 0 heterocycles. The van der Waals surface area contributed by atoms with Gasteiger partial charge in [0.25, 0.3) is 0 Å². The quantitative estimate of drug-likeness (QED) is 0.714. The Labute approximate surface area is 188 Å². The van der Waals surface area contributed by atoms with Crippen LogP contribution in [0.3, 0.4) is 0 Å². The van der Waals surface area contributed by atoms with Crippen LogP contribution in [-0.4, -0.2) is 70.6 Å². The standard InChI is InChI=1S/C24H30N2O6/c1-25(23(29)31-15-17-9-5-3-6-10-17)19-13-21(27)22(28)14-20(19)26(2)24(30)32-16-18-11-7-4-8-12-18/h3-12,19-22,27-28H,13-16H2,1-2H3/t19-,20+,21-,22-/m0/s1. The zero-order valence-corrected chi connectivity index (χ0v) is 18.3. The highest BCUT2D eigenvalue weighted by Gasteiger charge is 2.43. The van der Waals surface area contributed by atoms with Crippen molar-refractivity contribution in [2.75, 3.05) is 14.1 Å². The second-order valence-corrected chi connectivity index (χ2v) is 8.04. The van der Waals surface area contributed by atoms with Gasteiger partial charge in [0.1, 0.15) is 13.2 Å². The number of carbonyl (C=O) groups excluding carboxylic acids is 2. The number of aliphatic hydroxyl groups is 2. The Hall–Kier alpha value is -3.10. The minimum absolute atomic E-state index is 0.110. The van der Waals surface area contributed by atoms with Crippen LogP contribution in [0.5, 0.6) is 0 Å². The number of hydrogen-bond acceptors (Lipinski definition) is 6. The molecule has 32 heavy (non-hydrogen) atoms. The fraction of sp³-hybridized carbons (Fsp3) is 0.417. The summed E-state index contributed by atoms with van der Waals surface area (Å²) in [6, 6.07) is 17.5. The van der Waals surface area contributed by atoms with Crippen molar-refractivity contribution in [3.8, 4) is 0 Å². The third-order valence-electron chi connectivity index (χ3n) is 5.84. The van der Waals surface area contributed by atoms with E-state index >= 15 is 0 Å². The molecule has 0 saturated heterocycles. The number of amides is 2. The average Bonchev–Trinajstić information content (AvgIpc) is 2.82. The topological polar surface area (TPSA) is 99.5 Å². The van der Waals surface area contributed by atoms with Crippen molar-refractivity contribution in [1.29, 1.82) is 0 Å². The molecule has 1 fully saturated rings. The number of benzene rings is 2. The lowest BCUT2D eigenvalue weighted by molar-refractivity contribution is -0.0636. The van der Waals surface area contributed by atoms with Crippen LogP contribution in [0, 0.1) is 0 Å². The summed E-state index contributed by atoms with van der Waals surface area (Å²) in [5, 5.41) is 20.4. The van der Waals surface area contributed by atoms with Gasteiger partial charge in [0.15, 0.2) is 0 Å². The number of rotatable bonds is 6. The molecule has 2 amide bonds. The Kier molecular flexibility index (Phi) is 8.08. The van der Waals surface area contributed by atoms with E-state index in [1.165, 1.54) is 9.80 Å². The number of nitrogens with zero attached hydrogens (tertiary/aromatic N) is 2. The molecule has 4 atom stereocenters. The molecule has 172 valence electrons. The van der Waals surface area contributed by atoms with Crippen molar-refractivity contribution in [3.05, 3.63) is 71.8 Å². The maximum Gasteiger partial charge on any atom is 0.410 e. The molecular weight excluding hydrogens is 412 g/mol. The molecule has 2 aromatic rings. The molecule has 3 rings (SSSR count). The predicted molar refractivity (Wildman–Crippen MR) is 118 cm³/mol. The minimum Gasteiger partial charge on any atom is -0.445 e. The molecule has 0 unspecified atom stereocenters. The molecule has 0 bridgehead atoms. The fourth-order valence-corrected chi connectivity index (χ4v) is 3.87. The van der Waals surface area contributed by atoms with Crippen molar-refractivity contribution in [2.24, 2.45) is 0 Å². The van der Waals surface area contributed by atoms with Gasteiger partial charge in [-0.3, -0.25) is 0 Å². The van der Waals surface area contributed by atoms with Gasteiger partial charge in [-0.2, -0.15) is 0 Å². The van der Waals surface area contributed by atoms with Gasteiger partial charge in [-0.15, -0.1) is 0 Å². The lowest BCUT2D eigenvalue weighted by atomic mass is 9.84. The second kappa shape index (κ2) is 11.0. The molecule has 8 nitrogen and oxygen atoms in total. The molecule has 2 N–H and O–H groups in total. The van der Waals surface area contributed by atoms with Crippen molar-refractivity contribution in [3.63, 3.8) is 0 Å². The van der Waals surface area contributed by atoms with E-state index in [0.717, 1.165) is 11.1 Å². The summed E-state index contributed by atoms with van der Waals surface area (Å²) in [4.78, 5) is 28.1. The summed E-state index contributed by atoms with van der Waals surface area (Å²) in [6.45, 7) is 0.225. The third-order valence-corrected chi connectivity index (χ3v) is 5.84. The Balaban J connectivity index is 1.64. The molecule has 1 aliphatic carbocycles. The lowest BCUT2D eigenvalue weighted by Crippen LogP contribution is -2.59. The van der Waals surface area contributed by atoms with Gasteiger partial charge in [-0.1, -0.05) is 60.7 Å². The Bertz CT molecular complexity index is 805. The number of carbonyl (C=O) groups is 2. The van der Waals surface area contributed by atoms with E-state index in [2.05, 4.69) is 0 Å². The highest BCUT2D eigenvalue weighted by molar-refractivity contribution is 5.69. The number of ether oxygens (including phenoxy) is 2. The maximum atomic E-state index is 12.7. The van der Waals surface area contributed by atoms with E-state index in [1.54, 1.807) is 14.1 Å². The van der Waals surface area contributed by atoms with Crippen LogP contribution in [-0.2, 0) is 22.7 Å². The summed E-state index contributed by atoms with van der Waals surface area (Å²) in [7, 11) is 3.14. The highest BCUT2D eigenvalue weighted by atomic mass is 16.6. The summed E-state index contributed by atoms with van der Waals surface area (Å²) in [5.41, 5.74) is 1.71. The van der Waals surface area contributed by atoms with Crippen molar-refractivity contribution >= 4 is 12.2 Å². The molecule has 2 aromatic carbocycles. The number of likely N-dealkylation sites (N-methyl/N-ethyl adjacent to an activating group) is 2. The van der Waals surface area contributed by atoms with Gasteiger partial charge in [0, 0.05) is 14.1 Å². The van der Waals surface area contributed by atoms with Crippen LogP contribution in [0.1, 0.15) is 24.0 Å². The average molecular weight is 443 g/mol. The summed E-state index contributed by atoms with van der Waals surface area (Å²) in [5.74, 6) is 0. The second-order valence-electron chi connectivity index (χ2n) is 8.04. The molecule has 1 aliphatic rings. The monoisotopic (exact) mass is 442 g/mol. The van der Waals surface area contributed by atoms with Crippen LogP contribution < -0.4 is 0 Å². The predicted octanol–water partition coefficient (Wildman–Crippen LogP) is 2.78. The van der Waals surface area contributed by atoms with Crippen molar-refractivity contribution in [2.45, 2.75) is 50.3 Å². The third kappa shape index (κ3) is 5.99. The smallest absolute Gasteiger partial charge is 0.410 e. The van der Waals surface area contributed by atoms with E-state index in [1.807, 2.05) is 60.7 Å². The SMILES string of the molecule is CN(C(=O)OCc1ccccc1)[C@@H]1C[C@H](O)[C@@H](O)C[C@@H]1N(C)C(=O)OCc1ccccc1. The molecule has 1 saturated carbocycles. The number of aliphatic hydroxyl groups excluding tert-OH is 2. The van der Waals surface area contributed by atoms with Gasteiger partial charge >= 0.3 is 12.2 Å². The summed E-state index contributed by atoms with van der Waals surface area (Å²) in [6.07, 6.45) is -2.93. The summed E-state index contributed by atoms with van der Waals surface area (Å²) < 4.78 is 10.8. The van der Waals surface area contributed by atoms with Crippen LogP contribution >= 0.6 is 0 Å². The number of hydrogen-bond donors (Lipinski definition) is 2. The van der Waals surface area contributed by atoms with E-state index in [4.69, 9.17) is 9.47 Å². The lowest BCUT2D eigenvalue weighted by Gasteiger charge is -2.44. The Morgan fingerprint density at radius 3 is 1.44 bits per heavy atom. The van der Waals surface area contributed by atoms with Crippen LogP contribution in [0.15, 0.2) is 60.7 Å². The van der Waals surface area contributed by atoms with E-state index in [9.17, 15) is 19.8 Å². The van der Waals surface area contributed by atoms with E-state index < -0.39 is 36.5 Å². The van der Waals surface area contributed by atoms with Crippen LogP contribution in [0.25, 0.3) is 0 Å². The van der Waals surface area contributed by atoms with Gasteiger partial charge in [-0.25, -0.2) is 9.59 Å². The van der Waals surface area contributed by atoms with Gasteiger partial charge in [-0.05, 0) is 24.0 Å². The van der Waals surface area contributed by atoms with E-state index in [-0.39, 0.29) is 26.1 Å². The molecule has 0 aromatic heterocycles. The molecule has 0 aliphatic heterocycles. The van der Waals surface area contributed by atoms with Gasteiger partial charge in [0.2, 0.25) is 0 Å². The molecule has 0 spiro atoms. The Morgan fingerprint density at radius 2 is 1.09 bits per heavy atom. The first-order valence-electron chi connectivity index (χ1n) is 10.6. The summed E-state index contributed by atoms with van der Waals surface area (Å²) >= 11 is 0. The zero-order chi connectivity index (χ0) is 23.1. The zero-order valence-electron chi connectivity index (χ0n) is 18.3. The van der Waals surface area contributed by atoms with Crippen molar-refractivity contribution in [1.82, 2.24) is 9.80 Å². The van der Waals surface area contributed by atoms with Crippen LogP contribution in [0.4, 0.5) is 9.59 Å². The first kappa shape index (κ1) is 23.6. The van der Waals surface area contributed by atoms with Crippen LogP contribution in [0.2, 0.25) is 0 Å². The molecule has 8 heteroatoms. The Morgan fingerprint density at radius 1 is 0.750 bits per heavy atom. The normalized spacial score (nSPS) is 22.6. The first-order valence-corrected chi connectivity index (χ1v) is 10.6. The largest absolute Gasteiger partial charge is 0.445 e. The fourth-order valence-electron chi connectivity index (χ4n) is 3.87. The van der Waals surface area contributed by atoms with Gasteiger partial charge in [0.05, 0.1) is 24.3 Å². The first-order chi connectivity index (χ1) is 15.4. The molecule has 0 radical (unpaired) electrons. The maximum absolute atomic E-state index is 12.7. The highest BCUT2D eigenvalue weighted by Crippen LogP contribution is 2.28. The van der Waals surface area contributed by atoms with Crippen molar-refractivity contribution < 1.29 is 29.3 Å².